The van der Waals surface area contributed by atoms with Crippen LogP contribution in [0.15, 0.2) is 36.9 Å². The number of nitrogens with one attached hydrogen (secondary N) is 1. The summed E-state index contributed by atoms with van der Waals surface area (Å²) in [7, 11) is 0. The minimum Gasteiger partial charge on any atom is -0.492 e. The first-order chi connectivity index (χ1) is 11.2. The Morgan fingerprint density at radius 1 is 1.32 bits per heavy atom. The van der Waals surface area contributed by atoms with Gasteiger partial charge in [0.05, 0.1) is 12.1 Å². The monoisotopic (exact) mass is 387 g/mol. The van der Waals surface area contributed by atoms with E-state index in [1.165, 1.54) is 6.33 Å². The molecule has 25 heavy (non-hydrogen) atoms. The minimum absolute atomic E-state index is 0. The number of rotatable bonds is 6. The molecule has 1 saturated carbocycles. The molecule has 1 aliphatic carbocycles. The van der Waals surface area contributed by atoms with Gasteiger partial charge in [0.25, 0.3) is 0 Å². The standard InChI is InChI=1S/C16H21N5O2.2ClH/c17-16(6-1-2-7-16)15(22)20-13-4-3-5-14(10-13)23-9-8-21-12-18-11-19-21;;/h3-5,10-12H,1-2,6-9,17H2,(H,20,22);2*1H. The molecule has 1 amide bonds. The Morgan fingerprint density at radius 3 is 2.76 bits per heavy atom. The number of nitrogens with zero attached hydrogens (tertiary/aromatic N) is 3. The Hall–Kier alpha value is -1.83. The Bertz CT molecular complexity index is 660. The summed E-state index contributed by atoms with van der Waals surface area (Å²) in [5.41, 5.74) is 6.13. The van der Waals surface area contributed by atoms with Crippen molar-refractivity contribution in [2.45, 2.75) is 37.8 Å². The molecule has 1 fully saturated rings. The average molecular weight is 388 g/mol. The Kier molecular flexibility index (Phi) is 8.15. The second kappa shape index (κ2) is 9.60. The maximum Gasteiger partial charge on any atom is 0.244 e. The second-order valence-corrected chi connectivity index (χ2v) is 5.85. The fourth-order valence-corrected chi connectivity index (χ4v) is 2.76. The van der Waals surface area contributed by atoms with E-state index in [9.17, 15) is 4.79 Å². The van der Waals surface area contributed by atoms with Gasteiger partial charge < -0.3 is 15.8 Å². The second-order valence-electron chi connectivity index (χ2n) is 5.85. The molecular formula is C16H23Cl2N5O2. The van der Waals surface area contributed by atoms with Gasteiger partial charge in [0, 0.05) is 11.8 Å². The van der Waals surface area contributed by atoms with E-state index >= 15 is 0 Å². The summed E-state index contributed by atoms with van der Waals surface area (Å²) in [5, 5.41) is 6.91. The van der Waals surface area contributed by atoms with Gasteiger partial charge >= 0.3 is 0 Å². The van der Waals surface area contributed by atoms with Crippen LogP contribution < -0.4 is 15.8 Å². The largest absolute Gasteiger partial charge is 0.492 e. The lowest BCUT2D eigenvalue weighted by Crippen LogP contribution is -2.48. The molecule has 0 bridgehead atoms. The van der Waals surface area contributed by atoms with E-state index in [1.807, 2.05) is 18.2 Å². The van der Waals surface area contributed by atoms with E-state index in [0.29, 0.717) is 24.6 Å². The molecular weight excluding hydrogens is 365 g/mol. The van der Waals surface area contributed by atoms with Crippen LogP contribution in [-0.2, 0) is 11.3 Å². The maximum atomic E-state index is 12.3. The van der Waals surface area contributed by atoms with E-state index < -0.39 is 5.54 Å². The number of halogens is 2. The van der Waals surface area contributed by atoms with Crippen molar-refractivity contribution in [3.63, 3.8) is 0 Å². The van der Waals surface area contributed by atoms with Crippen molar-refractivity contribution >= 4 is 36.4 Å². The maximum absolute atomic E-state index is 12.3. The summed E-state index contributed by atoms with van der Waals surface area (Å²) in [4.78, 5) is 16.2. The highest BCUT2D eigenvalue weighted by Gasteiger charge is 2.36. The molecule has 1 heterocycles. The molecule has 0 spiro atoms. The number of anilines is 1. The van der Waals surface area contributed by atoms with Crippen LogP contribution in [0.4, 0.5) is 5.69 Å². The van der Waals surface area contributed by atoms with Gasteiger partial charge in [-0.2, -0.15) is 5.10 Å². The van der Waals surface area contributed by atoms with Gasteiger partial charge in [-0.15, -0.1) is 24.8 Å². The van der Waals surface area contributed by atoms with Crippen molar-refractivity contribution < 1.29 is 9.53 Å². The quantitative estimate of drug-likeness (QED) is 0.793. The molecule has 0 unspecified atom stereocenters. The SMILES string of the molecule is Cl.Cl.NC1(C(=O)Nc2cccc(OCCn3cncn3)c2)CCCC1. The third-order valence-corrected chi connectivity index (χ3v) is 4.10. The lowest BCUT2D eigenvalue weighted by Gasteiger charge is -2.22. The van der Waals surface area contributed by atoms with Gasteiger partial charge in [-0.05, 0) is 25.0 Å². The van der Waals surface area contributed by atoms with Crippen molar-refractivity contribution in [1.29, 1.82) is 0 Å². The zero-order valence-electron chi connectivity index (χ0n) is 13.8. The van der Waals surface area contributed by atoms with Gasteiger partial charge in [-0.25, -0.2) is 9.67 Å². The van der Waals surface area contributed by atoms with Crippen LogP contribution in [0.3, 0.4) is 0 Å². The zero-order valence-corrected chi connectivity index (χ0v) is 15.4. The van der Waals surface area contributed by atoms with Crippen LogP contribution in [0.25, 0.3) is 0 Å². The number of aromatic nitrogens is 3. The van der Waals surface area contributed by atoms with Crippen LogP contribution in [-0.4, -0.2) is 32.8 Å². The minimum atomic E-state index is -0.732. The molecule has 1 aromatic heterocycles. The van der Waals surface area contributed by atoms with Crippen molar-refractivity contribution in [2.24, 2.45) is 5.73 Å². The smallest absolute Gasteiger partial charge is 0.244 e. The van der Waals surface area contributed by atoms with E-state index in [-0.39, 0.29) is 30.7 Å². The number of amides is 1. The van der Waals surface area contributed by atoms with Crippen LogP contribution >= 0.6 is 24.8 Å². The molecule has 1 aromatic carbocycles. The number of hydrogen-bond donors (Lipinski definition) is 2. The average Bonchev–Trinajstić information content (AvgIpc) is 3.20. The topological polar surface area (TPSA) is 95.1 Å². The summed E-state index contributed by atoms with van der Waals surface area (Å²) >= 11 is 0. The summed E-state index contributed by atoms with van der Waals surface area (Å²) in [5.74, 6) is 0.579. The fraction of sp³-hybridized carbons (Fsp3) is 0.438. The van der Waals surface area contributed by atoms with Gasteiger partial charge in [0.2, 0.25) is 5.91 Å². The summed E-state index contributed by atoms with van der Waals surface area (Å²) in [6.07, 6.45) is 6.63. The van der Waals surface area contributed by atoms with Gasteiger partial charge in [-0.3, -0.25) is 4.79 Å². The molecule has 0 aliphatic heterocycles. The predicted octanol–water partition coefficient (Wildman–Crippen LogP) is 2.41. The van der Waals surface area contributed by atoms with Crippen LogP contribution in [0.5, 0.6) is 5.75 Å². The molecule has 1 aliphatic rings. The van der Waals surface area contributed by atoms with Gasteiger partial charge in [0.15, 0.2) is 0 Å². The number of carbonyl (C=O) groups excluding carboxylic acids is 1. The number of nitrogens with two attached hydrogens (primary N) is 1. The number of ether oxygens (including phenoxy) is 1. The van der Waals surface area contributed by atoms with Crippen molar-refractivity contribution in [2.75, 3.05) is 11.9 Å². The molecule has 0 radical (unpaired) electrons. The Balaban J connectivity index is 0.00000156. The van der Waals surface area contributed by atoms with Crippen molar-refractivity contribution in [3.05, 3.63) is 36.9 Å². The highest BCUT2D eigenvalue weighted by Crippen LogP contribution is 2.28. The lowest BCUT2D eigenvalue weighted by atomic mass is 9.98. The highest BCUT2D eigenvalue weighted by molar-refractivity contribution is 5.98. The molecule has 138 valence electrons. The molecule has 0 atom stereocenters. The normalized spacial score (nSPS) is 14.9. The molecule has 3 N–H and O–H groups in total. The van der Waals surface area contributed by atoms with Gasteiger partial charge in [0.1, 0.15) is 25.0 Å². The van der Waals surface area contributed by atoms with Gasteiger partial charge in [-0.1, -0.05) is 18.9 Å². The third kappa shape index (κ3) is 5.59. The van der Waals surface area contributed by atoms with E-state index in [4.69, 9.17) is 10.5 Å². The lowest BCUT2D eigenvalue weighted by molar-refractivity contribution is -0.121. The molecule has 3 rings (SSSR count). The first-order valence-electron chi connectivity index (χ1n) is 7.81. The van der Waals surface area contributed by atoms with Crippen molar-refractivity contribution in [1.82, 2.24) is 14.8 Å². The molecule has 7 nitrogen and oxygen atoms in total. The summed E-state index contributed by atoms with van der Waals surface area (Å²) in [6, 6.07) is 7.33. The Labute approximate surface area is 159 Å². The van der Waals surface area contributed by atoms with E-state index in [0.717, 1.165) is 25.7 Å². The Morgan fingerprint density at radius 2 is 2.08 bits per heavy atom. The summed E-state index contributed by atoms with van der Waals surface area (Å²) in [6.45, 7) is 1.09. The number of benzene rings is 1. The first-order valence-corrected chi connectivity index (χ1v) is 7.81. The zero-order chi connectivity index (χ0) is 16.1. The van der Waals surface area contributed by atoms with Crippen LogP contribution in [0.2, 0.25) is 0 Å². The number of carbonyl (C=O) groups is 1. The highest BCUT2D eigenvalue weighted by atomic mass is 35.5. The predicted molar refractivity (Wildman–Crippen MR) is 100 cm³/mol. The van der Waals surface area contributed by atoms with Crippen LogP contribution in [0, 0.1) is 0 Å². The van der Waals surface area contributed by atoms with E-state index in [2.05, 4.69) is 15.4 Å². The van der Waals surface area contributed by atoms with Crippen LogP contribution in [0.1, 0.15) is 25.7 Å². The number of hydrogen-bond acceptors (Lipinski definition) is 5. The third-order valence-electron chi connectivity index (χ3n) is 4.10. The molecule has 0 saturated heterocycles. The van der Waals surface area contributed by atoms with E-state index in [1.54, 1.807) is 17.1 Å². The fourth-order valence-electron chi connectivity index (χ4n) is 2.76. The van der Waals surface area contributed by atoms with Crippen molar-refractivity contribution in [3.8, 4) is 5.75 Å². The summed E-state index contributed by atoms with van der Waals surface area (Å²) < 4.78 is 7.38. The molecule has 9 heteroatoms. The molecule has 2 aromatic rings. The first kappa shape index (κ1) is 21.2.